The van der Waals surface area contributed by atoms with Crippen LogP contribution in [0.1, 0.15) is 32.1 Å². The molecule has 78 valence electrons. The molecule has 1 aliphatic heterocycles. The Bertz CT molecular complexity index is 226. The van der Waals surface area contributed by atoms with Crippen LogP contribution in [-0.2, 0) is 9.53 Å². The van der Waals surface area contributed by atoms with Crippen molar-refractivity contribution in [3.63, 3.8) is 0 Å². The zero-order valence-electron chi connectivity index (χ0n) is 8.37. The largest absolute Gasteiger partial charge is 0.378 e. The highest BCUT2D eigenvalue weighted by Crippen LogP contribution is 2.17. The number of ether oxygens (including phenoxy) is 1. The molecule has 14 heavy (non-hydrogen) atoms. The molecular weight excluding hydrogens is 178 g/mol. The van der Waals surface area contributed by atoms with Crippen molar-refractivity contribution in [3.8, 4) is 12.3 Å². The van der Waals surface area contributed by atoms with E-state index in [1.165, 1.54) is 0 Å². The number of hydrogen-bond acceptors (Lipinski definition) is 3. The van der Waals surface area contributed by atoms with E-state index in [-0.39, 0.29) is 11.9 Å². The lowest BCUT2D eigenvalue weighted by Crippen LogP contribution is -2.30. The Kier molecular flexibility index (Phi) is 4.64. The van der Waals surface area contributed by atoms with E-state index in [0.29, 0.717) is 12.8 Å². The second kappa shape index (κ2) is 5.79. The molecule has 1 fully saturated rings. The minimum Gasteiger partial charge on any atom is -0.378 e. The fraction of sp³-hybridized carbons (Fsp3) is 0.727. The van der Waals surface area contributed by atoms with E-state index in [9.17, 15) is 4.79 Å². The van der Waals surface area contributed by atoms with Crippen LogP contribution in [0.25, 0.3) is 0 Å². The van der Waals surface area contributed by atoms with E-state index in [1.54, 1.807) is 0 Å². The number of terminal acetylenes is 1. The van der Waals surface area contributed by atoms with Gasteiger partial charge in [0.2, 0.25) is 0 Å². The molecule has 0 saturated carbocycles. The number of carbonyl (C=O) groups excluding carboxylic acids is 1. The fourth-order valence-electron chi connectivity index (χ4n) is 1.60. The topological polar surface area (TPSA) is 52.3 Å². The molecule has 2 unspecified atom stereocenters. The highest BCUT2D eigenvalue weighted by atomic mass is 16.5. The maximum Gasteiger partial charge on any atom is 0.150 e. The van der Waals surface area contributed by atoms with Gasteiger partial charge in [-0.3, -0.25) is 4.79 Å². The second-order valence-electron chi connectivity index (χ2n) is 3.65. The molecule has 2 N–H and O–H groups in total. The molecule has 0 aromatic heterocycles. The van der Waals surface area contributed by atoms with Crippen molar-refractivity contribution in [2.24, 2.45) is 5.73 Å². The van der Waals surface area contributed by atoms with Crippen LogP contribution in [0.2, 0.25) is 0 Å². The minimum absolute atomic E-state index is 0.0541. The zero-order chi connectivity index (χ0) is 10.4. The van der Waals surface area contributed by atoms with E-state index >= 15 is 0 Å². The highest BCUT2D eigenvalue weighted by molar-refractivity contribution is 5.84. The molecule has 1 heterocycles. The number of rotatable bonds is 5. The predicted molar refractivity (Wildman–Crippen MR) is 54.6 cm³/mol. The van der Waals surface area contributed by atoms with Crippen LogP contribution in [0.5, 0.6) is 0 Å². The third-order valence-corrected chi connectivity index (χ3v) is 2.49. The molecule has 0 radical (unpaired) electrons. The molecule has 3 nitrogen and oxygen atoms in total. The standard InChI is InChI=1S/C11H17NO2/c1-2-4-10(12)11(13)7-6-9-5-3-8-14-9/h1,9-10H,3-8,12H2. The third kappa shape index (κ3) is 3.49. The minimum atomic E-state index is -0.485. The average Bonchev–Trinajstić information content (AvgIpc) is 2.67. The summed E-state index contributed by atoms with van der Waals surface area (Å²) in [5.74, 6) is 2.45. The fourth-order valence-corrected chi connectivity index (χ4v) is 1.60. The zero-order valence-corrected chi connectivity index (χ0v) is 8.37. The molecular formula is C11H17NO2. The SMILES string of the molecule is C#CCC(N)C(=O)CCC1CCCO1. The van der Waals surface area contributed by atoms with Crippen molar-refractivity contribution < 1.29 is 9.53 Å². The summed E-state index contributed by atoms with van der Waals surface area (Å²) in [7, 11) is 0. The Morgan fingerprint density at radius 2 is 2.50 bits per heavy atom. The van der Waals surface area contributed by atoms with Gasteiger partial charge in [0, 0.05) is 19.4 Å². The quantitative estimate of drug-likeness (QED) is 0.662. The summed E-state index contributed by atoms with van der Waals surface area (Å²) >= 11 is 0. The summed E-state index contributed by atoms with van der Waals surface area (Å²) in [5, 5.41) is 0. The summed E-state index contributed by atoms with van der Waals surface area (Å²) in [6.07, 6.45) is 9.13. The lowest BCUT2D eigenvalue weighted by molar-refractivity contribution is -0.120. The van der Waals surface area contributed by atoms with Crippen LogP contribution in [0.4, 0.5) is 0 Å². The first-order valence-corrected chi connectivity index (χ1v) is 5.07. The molecule has 0 aromatic rings. The van der Waals surface area contributed by atoms with E-state index in [0.717, 1.165) is 25.9 Å². The number of hydrogen-bond donors (Lipinski definition) is 1. The molecule has 0 amide bonds. The smallest absolute Gasteiger partial charge is 0.150 e. The number of nitrogens with two attached hydrogens (primary N) is 1. The first-order chi connectivity index (χ1) is 6.74. The van der Waals surface area contributed by atoms with Crippen molar-refractivity contribution in [2.45, 2.75) is 44.2 Å². The summed E-state index contributed by atoms with van der Waals surface area (Å²) in [4.78, 5) is 11.4. The van der Waals surface area contributed by atoms with Gasteiger partial charge in [-0.05, 0) is 19.3 Å². The van der Waals surface area contributed by atoms with E-state index in [1.807, 2.05) is 0 Å². The Balaban J connectivity index is 2.17. The summed E-state index contributed by atoms with van der Waals surface area (Å²) < 4.78 is 5.41. The third-order valence-electron chi connectivity index (χ3n) is 2.49. The van der Waals surface area contributed by atoms with Gasteiger partial charge >= 0.3 is 0 Å². The van der Waals surface area contributed by atoms with E-state index in [2.05, 4.69) is 5.92 Å². The van der Waals surface area contributed by atoms with Crippen molar-refractivity contribution in [3.05, 3.63) is 0 Å². The molecule has 0 spiro atoms. The van der Waals surface area contributed by atoms with Crippen LogP contribution >= 0.6 is 0 Å². The van der Waals surface area contributed by atoms with Gasteiger partial charge in [-0.2, -0.15) is 0 Å². The lowest BCUT2D eigenvalue weighted by atomic mass is 10.0. The Hall–Kier alpha value is -0.850. The van der Waals surface area contributed by atoms with Crippen LogP contribution < -0.4 is 5.73 Å². The molecule has 2 atom stereocenters. The average molecular weight is 195 g/mol. The lowest BCUT2D eigenvalue weighted by Gasteiger charge is -2.10. The van der Waals surface area contributed by atoms with Gasteiger partial charge in [0.1, 0.15) is 0 Å². The number of Topliss-reactive ketones (excluding diaryl/α,β-unsaturated/α-hetero) is 1. The monoisotopic (exact) mass is 195 g/mol. The van der Waals surface area contributed by atoms with Gasteiger partial charge in [-0.15, -0.1) is 12.3 Å². The first kappa shape index (κ1) is 11.2. The van der Waals surface area contributed by atoms with Crippen molar-refractivity contribution in [2.75, 3.05) is 6.61 Å². The van der Waals surface area contributed by atoms with Gasteiger partial charge in [-0.25, -0.2) is 0 Å². The highest BCUT2D eigenvalue weighted by Gasteiger charge is 2.18. The number of ketones is 1. The van der Waals surface area contributed by atoms with Crippen molar-refractivity contribution in [1.82, 2.24) is 0 Å². The molecule has 0 aliphatic carbocycles. The van der Waals surface area contributed by atoms with Gasteiger partial charge < -0.3 is 10.5 Å². The second-order valence-corrected chi connectivity index (χ2v) is 3.65. The van der Waals surface area contributed by atoms with Crippen LogP contribution in [0.3, 0.4) is 0 Å². The molecule has 0 aromatic carbocycles. The molecule has 0 bridgehead atoms. The van der Waals surface area contributed by atoms with E-state index < -0.39 is 6.04 Å². The molecule has 1 saturated heterocycles. The summed E-state index contributed by atoms with van der Waals surface area (Å²) in [6, 6.07) is -0.485. The Morgan fingerprint density at radius 3 is 3.07 bits per heavy atom. The maximum atomic E-state index is 11.4. The molecule has 1 rings (SSSR count). The Labute approximate surface area is 85.0 Å². The van der Waals surface area contributed by atoms with Gasteiger partial charge in [0.15, 0.2) is 5.78 Å². The first-order valence-electron chi connectivity index (χ1n) is 5.07. The van der Waals surface area contributed by atoms with Crippen LogP contribution in [0, 0.1) is 12.3 Å². The predicted octanol–water partition coefficient (Wildman–Crippen LogP) is 0.865. The maximum absolute atomic E-state index is 11.4. The van der Waals surface area contributed by atoms with Crippen LogP contribution in [-0.4, -0.2) is 24.5 Å². The van der Waals surface area contributed by atoms with Gasteiger partial charge in [0.05, 0.1) is 12.1 Å². The normalized spacial score (nSPS) is 23.0. The van der Waals surface area contributed by atoms with E-state index in [4.69, 9.17) is 16.9 Å². The van der Waals surface area contributed by atoms with Crippen molar-refractivity contribution >= 4 is 5.78 Å². The Morgan fingerprint density at radius 1 is 1.71 bits per heavy atom. The summed E-state index contributed by atoms with van der Waals surface area (Å²) in [5.41, 5.74) is 5.58. The van der Waals surface area contributed by atoms with Gasteiger partial charge in [0.25, 0.3) is 0 Å². The van der Waals surface area contributed by atoms with Gasteiger partial charge in [-0.1, -0.05) is 0 Å². The van der Waals surface area contributed by atoms with Crippen LogP contribution in [0.15, 0.2) is 0 Å². The number of carbonyl (C=O) groups is 1. The summed E-state index contributed by atoms with van der Waals surface area (Å²) in [6.45, 7) is 0.829. The molecule has 3 heteroatoms. The van der Waals surface area contributed by atoms with Crippen molar-refractivity contribution in [1.29, 1.82) is 0 Å². The molecule has 1 aliphatic rings.